The number of amides is 1. The fourth-order valence-electron chi connectivity index (χ4n) is 4.37. The van der Waals surface area contributed by atoms with Crippen molar-refractivity contribution in [2.75, 3.05) is 39.3 Å². The molecule has 0 aliphatic carbocycles. The molecule has 0 aromatic heterocycles. The standard InChI is InChI=1S/C23H27ClFN3O3S/c24-20-7-5-18(6-8-20)17-26-13-15-27(16-14-26)23(29)19-9-11-28(12-10-19)32(30,31)22-4-2-1-3-21(22)25/h1-8,19H,9-17H2. The highest BCUT2D eigenvalue weighted by Gasteiger charge is 2.35. The summed E-state index contributed by atoms with van der Waals surface area (Å²) in [6.07, 6.45) is 0.912. The van der Waals surface area contributed by atoms with E-state index in [9.17, 15) is 17.6 Å². The molecule has 2 heterocycles. The molecule has 2 aromatic rings. The fraction of sp³-hybridized carbons (Fsp3) is 0.435. The minimum atomic E-state index is -3.89. The average Bonchev–Trinajstić information content (AvgIpc) is 2.81. The van der Waals surface area contributed by atoms with Crippen LogP contribution in [0.15, 0.2) is 53.4 Å². The van der Waals surface area contributed by atoms with Crippen molar-refractivity contribution in [1.29, 1.82) is 0 Å². The van der Waals surface area contributed by atoms with Crippen molar-refractivity contribution in [3.8, 4) is 0 Å². The highest BCUT2D eigenvalue weighted by atomic mass is 35.5. The largest absolute Gasteiger partial charge is 0.340 e. The van der Waals surface area contributed by atoms with Gasteiger partial charge in [0.2, 0.25) is 15.9 Å². The maximum Gasteiger partial charge on any atom is 0.245 e. The third kappa shape index (κ3) is 5.14. The summed E-state index contributed by atoms with van der Waals surface area (Å²) < 4.78 is 40.8. The van der Waals surface area contributed by atoms with Gasteiger partial charge in [-0.15, -0.1) is 0 Å². The zero-order valence-electron chi connectivity index (χ0n) is 17.8. The number of piperazine rings is 1. The number of carbonyl (C=O) groups excluding carboxylic acids is 1. The molecule has 172 valence electrons. The molecule has 0 bridgehead atoms. The Kier molecular flexibility index (Phi) is 7.14. The molecule has 32 heavy (non-hydrogen) atoms. The van der Waals surface area contributed by atoms with Crippen molar-refractivity contribution < 1.29 is 17.6 Å². The first-order chi connectivity index (χ1) is 15.3. The van der Waals surface area contributed by atoms with Gasteiger partial charge < -0.3 is 4.90 Å². The maximum atomic E-state index is 14.0. The summed E-state index contributed by atoms with van der Waals surface area (Å²) in [6, 6.07) is 13.2. The molecule has 0 saturated carbocycles. The summed E-state index contributed by atoms with van der Waals surface area (Å²) in [5, 5.41) is 0.719. The monoisotopic (exact) mass is 479 g/mol. The molecule has 0 N–H and O–H groups in total. The van der Waals surface area contributed by atoms with Crippen molar-refractivity contribution in [3.63, 3.8) is 0 Å². The molecule has 4 rings (SSSR count). The molecule has 2 aliphatic heterocycles. The number of carbonyl (C=O) groups is 1. The molecule has 0 atom stereocenters. The molecule has 2 fully saturated rings. The number of hydrogen-bond acceptors (Lipinski definition) is 4. The Morgan fingerprint density at radius 1 is 0.938 bits per heavy atom. The van der Waals surface area contributed by atoms with Crippen LogP contribution in [0.4, 0.5) is 4.39 Å². The number of halogens is 2. The van der Waals surface area contributed by atoms with Crippen LogP contribution in [0.1, 0.15) is 18.4 Å². The van der Waals surface area contributed by atoms with E-state index in [4.69, 9.17) is 11.6 Å². The van der Waals surface area contributed by atoms with Crippen LogP contribution in [0.5, 0.6) is 0 Å². The predicted octanol–water partition coefficient (Wildman–Crippen LogP) is 3.22. The lowest BCUT2D eigenvalue weighted by Crippen LogP contribution is -2.51. The van der Waals surface area contributed by atoms with Gasteiger partial charge in [0.05, 0.1) is 0 Å². The van der Waals surface area contributed by atoms with Crippen molar-refractivity contribution in [2.45, 2.75) is 24.3 Å². The molecule has 6 nitrogen and oxygen atoms in total. The van der Waals surface area contributed by atoms with Gasteiger partial charge in [0, 0.05) is 56.8 Å². The lowest BCUT2D eigenvalue weighted by atomic mass is 9.96. The summed E-state index contributed by atoms with van der Waals surface area (Å²) >= 11 is 5.94. The molecule has 1 amide bonds. The van der Waals surface area contributed by atoms with Crippen LogP contribution in [0.2, 0.25) is 5.02 Å². The van der Waals surface area contributed by atoms with Crippen LogP contribution in [-0.4, -0.2) is 67.7 Å². The Labute approximate surface area is 193 Å². The van der Waals surface area contributed by atoms with Gasteiger partial charge in [0.25, 0.3) is 0 Å². The fourth-order valence-corrected chi connectivity index (χ4v) is 6.03. The highest BCUT2D eigenvalue weighted by molar-refractivity contribution is 7.89. The lowest BCUT2D eigenvalue weighted by Gasteiger charge is -2.38. The molecule has 2 aliphatic rings. The normalized spacial score (nSPS) is 19.2. The number of nitrogens with zero attached hydrogens (tertiary/aromatic N) is 3. The van der Waals surface area contributed by atoms with Crippen LogP contribution < -0.4 is 0 Å². The SMILES string of the molecule is O=C(C1CCN(S(=O)(=O)c2ccccc2F)CC1)N1CCN(Cc2ccc(Cl)cc2)CC1. The zero-order valence-corrected chi connectivity index (χ0v) is 19.4. The highest BCUT2D eigenvalue weighted by Crippen LogP contribution is 2.26. The predicted molar refractivity (Wildman–Crippen MR) is 121 cm³/mol. The summed E-state index contributed by atoms with van der Waals surface area (Å²) in [5.41, 5.74) is 1.19. The Morgan fingerprint density at radius 3 is 2.19 bits per heavy atom. The molecule has 0 radical (unpaired) electrons. The van der Waals surface area contributed by atoms with Gasteiger partial charge in [-0.25, -0.2) is 12.8 Å². The van der Waals surface area contributed by atoms with E-state index in [1.807, 2.05) is 29.2 Å². The first-order valence-corrected chi connectivity index (χ1v) is 12.7. The van der Waals surface area contributed by atoms with Crippen molar-refractivity contribution in [3.05, 3.63) is 64.9 Å². The molecule has 0 unspecified atom stereocenters. The van der Waals surface area contributed by atoms with Gasteiger partial charge in [-0.3, -0.25) is 9.69 Å². The molecule has 9 heteroatoms. The average molecular weight is 480 g/mol. The van der Waals surface area contributed by atoms with Crippen molar-refractivity contribution >= 4 is 27.5 Å². The Balaban J connectivity index is 1.28. The van der Waals surface area contributed by atoms with Gasteiger partial charge in [-0.1, -0.05) is 35.9 Å². The van der Waals surface area contributed by atoms with Crippen LogP contribution in [0, 0.1) is 11.7 Å². The summed E-state index contributed by atoms with van der Waals surface area (Å²) in [5.74, 6) is -0.842. The van der Waals surface area contributed by atoms with Crippen LogP contribution in [-0.2, 0) is 21.4 Å². The van der Waals surface area contributed by atoms with E-state index in [1.165, 1.54) is 28.1 Å². The lowest BCUT2D eigenvalue weighted by molar-refractivity contribution is -0.138. The second-order valence-electron chi connectivity index (χ2n) is 8.34. The quantitative estimate of drug-likeness (QED) is 0.660. The van der Waals surface area contributed by atoms with Gasteiger partial charge in [-0.2, -0.15) is 4.31 Å². The minimum absolute atomic E-state index is 0.0964. The van der Waals surface area contributed by atoms with E-state index in [0.717, 1.165) is 30.7 Å². The number of rotatable bonds is 5. The first kappa shape index (κ1) is 23.2. The molecular weight excluding hydrogens is 453 g/mol. The van der Waals surface area contributed by atoms with Gasteiger partial charge in [-0.05, 0) is 42.7 Å². The Bertz CT molecular complexity index is 1050. The van der Waals surface area contributed by atoms with E-state index in [-0.39, 0.29) is 29.8 Å². The minimum Gasteiger partial charge on any atom is -0.340 e. The van der Waals surface area contributed by atoms with E-state index in [0.29, 0.717) is 25.9 Å². The Hall–Kier alpha value is -2.00. The summed E-state index contributed by atoms with van der Waals surface area (Å²) in [7, 11) is -3.89. The number of piperidine rings is 1. The molecular formula is C23H27ClFN3O3S. The number of sulfonamides is 1. The topological polar surface area (TPSA) is 60.9 Å². The molecule has 0 spiro atoms. The summed E-state index contributed by atoms with van der Waals surface area (Å²) in [6.45, 7) is 4.21. The third-order valence-electron chi connectivity index (χ3n) is 6.26. The third-order valence-corrected chi connectivity index (χ3v) is 8.44. The van der Waals surface area contributed by atoms with Crippen molar-refractivity contribution in [1.82, 2.24) is 14.1 Å². The van der Waals surface area contributed by atoms with E-state index >= 15 is 0 Å². The number of hydrogen-bond donors (Lipinski definition) is 0. The first-order valence-electron chi connectivity index (χ1n) is 10.8. The van der Waals surface area contributed by atoms with E-state index in [2.05, 4.69) is 4.90 Å². The molecule has 2 aromatic carbocycles. The van der Waals surface area contributed by atoms with Crippen LogP contribution in [0.25, 0.3) is 0 Å². The second kappa shape index (κ2) is 9.87. The summed E-state index contributed by atoms with van der Waals surface area (Å²) in [4.78, 5) is 16.9. The maximum absolute atomic E-state index is 14.0. The van der Waals surface area contributed by atoms with Crippen molar-refractivity contribution in [2.24, 2.45) is 5.92 Å². The van der Waals surface area contributed by atoms with Crippen LogP contribution in [0.3, 0.4) is 0 Å². The number of benzene rings is 2. The second-order valence-corrected chi connectivity index (χ2v) is 10.7. The van der Waals surface area contributed by atoms with Gasteiger partial charge >= 0.3 is 0 Å². The van der Waals surface area contributed by atoms with Gasteiger partial charge in [0.1, 0.15) is 10.7 Å². The Morgan fingerprint density at radius 2 is 1.56 bits per heavy atom. The van der Waals surface area contributed by atoms with Gasteiger partial charge in [0.15, 0.2) is 0 Å². The molecule has 2 saturated heterocycles. The smallest absolute Gasteiger partial charge is 0.245 e. The van der Waals surface area contributed by atoms with E-state index in [1.54, 1.807) is 0 Å². The van der Waals surface area contributed by atoms with Crippen LogP contribution >= 0.6 is 11.6 Å². The van der Waals surface area contributed by atoms with E-state index < -0.39 is 15.8 Å². The zero-order chi connectivity index (χ0) is 22.7.